The minimum atomic E-state index is 0.0982. The van der Waals surface area contributed by atoms with Crippen molar-refractivity contribution in [3.63, 3.8) is 0 Å². The minimum absolute atomic E-state index is 0.0982. The van der Waals surface area contributed by atoms with Crippen LogP contribution in [-0.4, -0.2) is 9.55 Å². The number of allylic oxidation sites excluding steroid dienone is 1. The minimum Gasteiger partial charge on any atom is -0.283 e. The van der Waals surface area contributed by atoms with E-state index in [1.807, 2.05) is 0 Å². The first-order chi connectivity index (χ1) is 12.7. The molecule has 0 amide bonds. The molecular formula is C21H22N2OS2. The Labute approximate surface area is 161 Å². The molecule has 2 heterocycles. The summed E-state index contributed by atoms with van der Waals surface area (Å²) in [6.45, 7) is 6.43. The molecule has 0 aliphatic heterocycles. The Kier molecular flexibility index (Phi) is 5.00. The van der Waals surface area contributed by atoms with Crippen LogP contribution in [0.3, 0.4) is 0 Å². The second kappa shape index (κ2) is 7.41. The third-order valence-electron chi connectivity index (χ3n) is 4.80. The fourth-order valence-corrected chi connectivity index (χ4v) is 5.82. The van der Waals surface area contributed by atoms with E-state index >= 15 is 0 Å². The third kappa shape index (κ3) is 3.26. The molecule has 1 aliphatic carbocycles. The van der Waals surface area contributed by atoms with E-state index in [2.05, 4.69) is 37.8 Å². The molecule has 0 N–H and O–H groups in total. The Morgan fingerprint density at radius 1 is 1.35 bits per heavy atom. The van der Waals surface area contributed by atoms with Crippen LogP contribution in [0.5, 0.6) is 0 Å². The summed E-state index contributed by atoms with van der Waals surface area (Å²) in [6, 6.07) is 8.48. The molecule has 0 saturated heterocycles. The number of nitrogens with zero attached hydrogens (tertiary/aromatic N) is 2. The van der Waals surface area contributed by atoms with E-state index in [1.165, 1.54) is 34.4 Å². The number of thioether (sulfide) groups is 1. The van der Waals surface area contributed by atoms with Gasteiger partial charge in [-0.1, -0.05) is 47.7 Å². The predicted octanol–water partition coefficient (Wildman–Crippen LogP) is 5.12. The van der Waals surface area contributed by atoms with Crippen molar-refractivity contribution in [1.29, 1.82) is 0 Å². The summed E-state index contributed by atoms with van der Waals surface area (Å²) in [5.41, 5.74) is 3.85. The normalized spacial score (nSPS) is 13.7. The molecule has 0 unspecified atom stereocenters. The van der Waals surface area contributed by atoms with Crippen molar-refractivity contribution in [3.05, 3.63) is 68.8 Å². The first kappa shape index (κ1) is 17.6. The number of aryl methyl sites for hydroxylation is 3. The van der Waals surface area contributed by atoms with Crippen molar-refractivity contribution in [2.45, 2.75) is 50.1 Å². The summed E-state index contributed by atoms with van der Waals surface area (Å²) in [5, 5.41) is 1.65. The SMILES string of the molecule is C=CCn1c(SCc2cccc(C)c2)nc2sc3c(c2c1=O)CCCC3. The molecule has 4 rings (SSSR count). The number of benzene rings is 1. The monoisotopic (exact) mass is 382 g/mol. The lowest BCUT2D eigenvalue weighted by Gasteiger charge is -2.12. The highest BCUT2D eigenvalue weighted by atomic mass is 32.2. The van der Waals surface area contributed by atoms with Gasteiger partial charge in [0.1, 0.15) is 4.83 Å². The average Bonchev–Trinajstić information content (AvgIpc) is 3.01. The molecule has 5 heteroatoms. The Hall–Kier alpha value is -1.85. The van der Waals surface area contributed by atoms with E-state index < -0.39 is 0 Å². The smallest absolute Gasteiger partial charge is 0.263 e. The van der Waals surface area contributed by atoms with Gasteiger partial charge < -0.3 is 0 Å². The number of hydrogen-bond donors (Lipinski definition) is 0. The Morgan fingerprint density at radius 2 is 2.19 bits per heavy atom. The highest BCUT2D eigenvalue weighted by molar-refractivity contribution is 7.98. The average molecular weight is 383 g/mol. The van der Waals surface area contributed by atoms with Crippen LogP contribution in [-0.2, 0) is 25.1 Å². The van der Waals surface area contributed by atoms with Gasteiger partial charge in [0, 0.05) is 17.2 Å². The number of hydrogen-bond acceptors (Lipinski definition) is 4. The molecule has 0 fully saturated rings. The highest BCUT2D eigenvalue weighted by Crippen LogP contribution is 2.35. The van der Waals surface area contributed by atoms with Crippen LogP contribution in [0.1, 0.15) is 34.4 Å². The molecule has 3 nitrogen and oxygen atoms in total. The fourth-order valence-electron chi connectivity index (χ4n) is 3.57. The third-order valence-corrected chi connectivity index (χ3v) is 7.04. The number of rotatable bonds is 5. The zero-order valence-electron chi connectivity index (χ0n) is 15.0. The zero-order valence-corrected chi connectivity index (χ0v) is 16.6. The topological polar surface area (TPSA) is 34.9 Å². The predicted molar refractivity (Wildman–Crippen MR) is 111 cm³/mol. The Balaban J connectivity index is 1.76. The molecule has 26 heavy (non-hydrogen) atoms. The summed E-state index contributed by atoms with van der Waals surface area (Å²) in [5.74, 6) is 0.807. The van der Waals surface area contributed by atoms with Gasteiger partial charge in [-0.25, -0.2) is 4.98 Å². The molecule has 0 spiro atoms. The van der Waals surface area contributed by atoms with E-state index in [1.54, 1.807) is 33.7 Å². The quantitative estimate of drug-likeness (QED) is 0.349. The summed E-state index contributed by atoms with van der Waals surface area (Å²) in [7, 11) is 0. The first-order valence-corrected chi connectivity index (χ1v) is 10.8. The van der Waals surface area contributed by atoms with E-state index in [0.717, 1.165) is 34.0 Å². The summed E-state index contributed by atoms with van der Waals surface area (Å²) in [4.78, 5) is 20.4. The maximum absolute atomic E-state index is 13.2. The standard InChI is InChI=1S/C21H22N2OS2/c1-3-11-23-20(24)18-16-9-4-5-10-17(16)26-19(18)22-21(23)25-13-15-8-6-7-14(2)12-15/h3,6-8,12H,1,4-5,9-11,13H2,2H3. The maximum Gasteiger partial charge on any atom is 0.263 e. The molecule has 0 bridgehead atoms. The van der Waals surface area contributed by atoms with Gasteiger partial charge in [0.2, 0.25) is 0 Å². The second-order valence-electron chi connectivity index (χ2n) is 6.77. The van der Waals surface area contributed by atoms with Gasteiger partial charge in [0.05, 0.1) is 5.39 Å². The highest BCUT2D eigenvalue weighted by Gasteiger charge is 2.21. The lowest BCUT2D eigenvalue weighted by atomic mass is 9.97. The molecule has 3 aromatic rings. The van der Waals surface area contributed by atoms with Gasteiger partial charge in [-0.05, 0) is 43.7 Å². The second-order valence-corrected chi connectivity index (χ2v) is 8.79. The van der Waals surface area contributed by atoms with Crippen LogP contribution in [0.25, 0.3) is 10.2 Å². The van der Waals surface area contributed by atoms with Crippen LogP contribution in [0.2, 0.25) is 0 Å². The van der Waals surface area contributed by atoms with E-state index in [0.29, 0.717) is 6.54 Å². The van der Waals surface area contributed by atoms with Crippen molar-refractivity contribution in [2.75, 3.05) is 0 Å². The first-order valence-electron chi connectivity index (χ1n) is 9.01. The molecule has 134 valence electrons. The van der Waals surface area contributed by atoms with Gasteiger partial charge in [-0.3, -0.25) is 9.36 Å². The van der Waals surface area contributed by atoms with Crippen LogP contribution in [0.4, 0.5) is 0 Å². The van der Waals surface area contributed by atoms with Crippen molar-refractivity contribution >= 4 is 33.3 Å². The van der Waals surface area contributed by atoms with Crippen LogP contribution in [0, 0.1) is 6.92 Å². The molecule has 0 saturated carbocycles. The van der Waals surface area contributed by atoms with E-state index in [9.17, 15) is 4.79 Å². The van der Waals surface area contributed by atoms with Crippen molar-refractivity contribution < 1.29 is 0 Å². The van der Waals surface area contributed by atoms with E-state index in [4.69, 9.17) is 4.98 Å². The number of aromatic nitrogens is 2. The molecule has 0 atom stereocenters. The number of thiophene rings is 1. The molecule has 2 aromatic heterocycles. The van der Waals surface area contributed by atoms with Crippen molar-refractivity contribution in [1.82, 2.24) is 9.55 Å². The van der Waals surface area contributed by atoms with Crippen LogP contribution < -0.4 is 5.56 Å². The lowest BCUT2D eigenvalue weighted by molar-refractivity contribution is 0.668. The Morgan fingerprint density at radius 3 is 3.00 bits per heavy atom. The van der Waals surface area contributed by atoms with Gasteiger partial charge in [0.25, 0.3) is 5.56 Å². The summed E-state index contributed by atoms with van der Waals surface area (Å²) >= 11 is 3.35. The number of fused-ring (bicyclic) bond motifs is 3. The van der Waals surface area contributed by atoms with Crippen molar-refractivity contribution in [2.24, 2.45) is 0 Å². The van der Waals surface area contributed by atoms with Crippen LogP contribution >= 0.6 is 23.1 Å². The van der Waals surface area contributed by atoms with Gasteiger partial charge in [-0.15, -0.1) is 17.9 Å². The van der Waals surface area contributed by atoms with Crippen LogP contribution in [0.15, 0.2) is 46.9 Å². The van der Waals surface area contributed by atoms with Gasteiger partial charge in [0.15, 0.2) is 5.16 Å². The molecule has 0 radical (unpaired) electrons. The van der Waals surface area contributed by atoms with E-state index in [-0.39, 0.29) is 5.56 Å². The maximum atomic E-state index is 13.2. The fraction of sp³-hybridized carbons (Fsp3) is 0.333. The molecule has 1 aromatic carbocycles. The zero-order chi connectivity index (χ0) is 18.1. The summed E-state index contributed by atoms with van der Waals surface area (Å²) < 4.78 is 1.79. The lowest BCUT2D eigenvalue weighted by Crippen LogP contribution is -2.23. The largest absolute Gasteiger partial charge is 0.283 e. The molecular weight excluding hydrogens is 360 g/mol. The van der Waals surface area contributed by atoms with Crippen molar-refractivity contribution in [3.8, 4) is 0 Å². The van der Waals surface area contributed by atoms with Gasteiger partial charge >= 0.3 is 0 Å². The molecule has 1 aliphatic rings. The summed E-state index contributed by atoms with van der Waals surface area (Å²) in [6.07, 6.45) is 6.27. The van der Waals surface area contributed by atoms with Gasteiger partial charge in [-0.2, -0.15) is 0 Å². The Bertz CT molecular complexity index is 1030.